The van der Waals surface area contributed by atoms with E-state index in [0.717, 1.165) is 31.6 Å². The Hall–Kier alpha value is -2.13. The van der Waals surface area contributed by atoms with Gasteiger partial charge in [0.05, 0.1) is 25.2 Å². The van der Waals surface area contributed by atoms with E-state index in [1.165, 1.54) is 11.3 Å². The monoisotopic (exact) mass is 431 g/mol. The maximum Gasteiger partial charge on any atom is 0.240 e. The van der Waals surface area contributed by atoms with Gasteiger partial charge >= 0.3 is 0 Å². The van der Waals surface area contributed by atoms with Crippen LogP contribution in [-0.2, 0) is 21.2 Å². The van der Waals surface area contributed by atoms with Crippen LogP contribution in [0.2, 0.25) is 0 Å². The second-order valence-electron chi connectivity index (χ2n) is 7.75. The SMILES string of the molecule is COc1ccc(S(=O)(=O)NC[C@H](c2ccc3c(c2)CCN3C)N2CCOCC2)cc1. The molecule has 0 saturated carbocycles. The molecule has 8 heteroatoms. The van der Waals surface area contributed by atoms with E-state index in [1.807, 2.05) is 0 Å². The molecular formula is C22H29N3O4S. The lowest BCUT2D eigenvalue weighted by Crippen LogP contribution is -2.43. The highest BCUT2D eigenvalue weighted by atomic mass is 32.2. The molecule has 2 aliphatic heterocycles. The molecule has 0 unspecified atom stereocenters. The predicted octanol–water partition coefficient (Wildman–Crippen LogP) is 2.04. The standard InChI is InChI=1S/C22H29N3O4S/c1-24-10-9-18-15-17(3-8-21(18)24)22(25-11-13-29-14-12-25)16-23-30(26,27)20-6-4-19(28-2)5-7-20/h3-8,15,22-23H,9-14,16H2,1-2H3/t22-/m1/s1. The van der Waals surface area contributed by atoms with Crippen molar-refractivity contribution >= 4 is 15.7 Å². The van der Waals surface area contributed by atoms with Gasteiger partial charge in [-0.3, -0.25) is 4.90 Å². The van der Waals surface area contributed by atoms with Crippen molar-refractivity contribution in [2.45, 2.75) is 17.4 Å². The van der Waals surface area contributed by atoms with E-state index >= 15 is 0 Å². The highest BCUT2D eigenvalue weighted by molar-refractivity contribution is 7.89. The second-order valence-corrected chi connectivity index (χ2v) is 9.52. The Balaban J connectivity index is 1.56. The minimum Gasteiger partial charge on any atom is -0.497 e. The van der Waals surface area contributed by atoms with E-state index in [2.05, 4.69) is 39.8 Å². The van der Waals surface area contributed by atoms with Crippen molar-refractivity contribution in [3.63, 3.8) is 0 Å². The van der Waals surface area contributed by atoms with Crippen LogP contribution in [0.5, 0.6) is 5.75 Å². The Morgan fingerprint density at radius 1 is 1.10 bits per heavy atom. The van der Waals surface area contributed by atoms with Crippen LogP contribution >= 0.6 is 0 Å². The van der Waals surface area contributed by atoms with Gasteiger partial charge in [0, 0.05) is 45.0 Å². The summed E-state index contributed by atoms with van der Waals surface area (Å²) in [6.07, 6.45) is 1.02. The third-order valence-corrected chi connectivity index (χ3v) is 7.38. The van der Waals surface area contributed by atoms with Crippen molar-refractivity contribution in [2.75, 3.05) is 58.5 Å². The molecule has 0 aromatic heterocycles. The summed E-state index contributed by atoms with van der Waals surface area (Å²) in [5.74, 6) is 0.628. The van der Waals surface area contributed by atoms with Crippen molar-refractivity contribution in [1.82, 2.24) is 9.62 Å². The number of nitrogens with zero attached hydrogens (tertiary/aromatic N) is 2. The van der Waals surface area contributed by atoms with Crippen LogP contribution in [0.25, 0.3) is 0 Å². The van der Waals surface area contributed by atoms with Gasteiger partial charge in [-0.15, -0.1) is 0 Å². The highest BCUT2D eigenvalue weighted by Gasteiger charge is 2.27. The molecule has 1 fully saturated rings. The number of benzene rings is 2. The van der Waals surface area contributed by atoms with E-state index in [-0.39, 0.29) is 10.9 Å². The maximum absolute atomic E-state index is 12.9. The van der Waals surface area contributed by atoms with Crippen LogP contribution in [0, 0.1) is 0 Å². The number of morpholine rings is 1. The van der Waals surface area contributed by atoms with Crippen LogP contribution in [0.4, 0.5) is 5.69 Å². The first kappa shape index (κ1) is 21.1. The van der Waals surface area contributed by atoms with Crippen LogP contribution < -0.4 is 14.4 Å². The van der Waals surface area contributed by atoms with Crippen LogP contribution in [0.15, 0.2) is 47.4 Å². The summed E-state index contributed by atoms with van der Waals surface area (Å²) in [6.45, 7) is 4.22. The normalized spacial score (nSPS) is 18.3. The van der Waals surface area contributed by atoms with Gasteiger partial charge in [-0.1, -0.05) is 12.1 Å². The molecule has 1 atom stereocenters. The molecule has 1 N–H and O–H groups in total. The molecule has 162 valence electrons. The molecule has 2 aromatic rings. The lowest BCUT2D eigenvalue weighted by atomic mass is 10.0. The van der Waals surface area contributed by atoms with E-state index in [9.17, 15) is 8.42 Å². The molecule has 0 bridgehead atoms. The molecule has 4 rings (SSSR count). The molecule has 2 heterocycles. The first-order valence-corrected chi connectivity index (χ1v) is 11.8. The summed E-state index contributed by atoms with van der Waals surface area (Å²) in [4.78, 5) is 4.80. The Morgan fingerprint density at radius 3 is 2.53 bits per heavy atom. The number of ether oxygens (including phenoxy) is 2. The highest BCUT2D eigenvalue weighted by Crippen LogP contribution is 2.31. The zero-order chi connectivity index (χ0) is 21.1. The third-order valence-electron chi connectivity index (χ3n) is 5.94. The average Bonchev–Trinajstić information content (AvgIpc) is 3.15. The molecule has 1 saturated heterocycles. The van der Waals surface area contributed by atoms with Crippen molar-refractivity contribution in [3.8, 4) is 5.75 Å². The summed E-state index contributed by atoms with van der Waals surface area (Å²) in [5, 5.41) is 0. The lowest BCUT2D eigenvalue weighted by molar-refractivity contribution is 0.0172. The minimum absolute atomic E-state index is 0.0434. The smallest absolute Gasteiger partial charge is 0.240 e. The van der Waals surface area contributed by atoms with E-state index < -0.39 is 10.0 Å². The fourth-order valence-corrected chi connectivity index (χ4v) is 5.21. The Bertz CT molecular complexity index is 972. The number of rotatable bonds is 7. The molecule has 0 spiro atoms. The van der Waals surface area contributed by atoms with E-state index in [1.54, 1.807) is 31.4 Å². The summed E-state index contributed by atoms with van der Waals surface area (Å²) >= 11 is 0. The summed E-state index contributed by atoms with van der Waals surface area (Å²) < 4.78 is 39.2. The number of methoxy groups -OCH3 is 1. The molecule has 0 radical (unpaired) electrons. The van der Waals surface area contributed by atoms with E-state index in [4.69, 9.17) is 9.47 Å². The molecular weight excluding hydrogens is 402 g/mol. The fraction of sp³-hybridized carbons (Fsp3) is 0.455. The quantitative estimate of drug-likeness (QED) is 0.724. The molecule has 2 aromatic carbocycles. The number of likely N-dealkylation sites (N-methyl/N-ethyl adjacent to an activating group) is 1. The van der Waals surface area contributed by atoms with Crippen LogP contribution in [-0.4, -0.2) is 66.9 Å². The van der Waals surface area contributed by atoms with Gasteiger partial charge in [0.2, 0.25) is 10.0 Å². The number of hydrogen-bond donors (Lipinski definition) is 1. The van der Waals surface area contributed by atoms with Gasteiger partial charge in [-0.25, -0.2) is 13.1 Å². The third kappa shape index (κ3) is 4.46. The molecule has 7 nitrogen and oxygen atoms in total. The van der Waals surface area contributed by atoms with E-state index in [0.29, 0.717) is 25.5 Å². The van der Waals surface area contributed by atoms with Gasteiger partial charge in [0.15, 0.2) is 0 Å². The number of anilines is 1. The number of nitrogens with one attached hydrogen (secondary N) is 1. The number of sulfonamides is 1. The Labute approximate surface area is 178 Å². The van der Waals surface area contributed by atoms with Crippen molar-refractivity contribution in [2.24, 2.45) is 0 Å². The zero-order valence-corrected chi connectivity index (χ0v) is 18.3. The largest absolute Gasteiger partial charge is 0.497 e. The minimum atomic E-state index is -3.62. The summed E-state index contributed by atoms with van der Waals surface area (Å²) in [7, 11) is 0.0447. The molecule has 0 amide bonds. The van der Waals surface area contributed by atoms with Gasteiger partial charge < -0.3 is 14.4 Å². The van der Waals surface area contributed by atoms with Gasteiger partial charge in [-0.2, -0.15) is 0 Å². The maximum atomic E-state index is 12.9. The fourth-order valence-electron chi connectivity index (χ4n) is 4.17. The van der Waals surface area contributed by atoms with Gasteiger partial charge in [0.25, 0.3) is 0 Å². The zero-order valence-electron chi connectivity index (χ0n) is 17.5. The van der Waals surface area contributed by atoms with Crippen molar-refractivity contribution < 1.29 is 17.9 Å². The first-order chi connectivity index (χ1) is 14.5. The van der Waals surface area contributed by atoms with Crippen molar-refractivity contribution in [1.29, 1.82) is 0 Å². The van der Waals surface area contributed by atoms with Crippen LogP contribution in [0.3, 0.4) is 0 Å². The Kier molecular flexibility index (Phi) is 6.29. The van der Waals surface area contributed by atoms with Crippen LogP contribution in [0.1, 0.15) is 17.2 Å². The topological polar surface area (TPSA) is 71.1 Å². The molecule has 30 heavy (non-hydrogen) atoms. The number of hydrogen-bond acceptors (Lipinski definition) is 6. The number of fused-ring (bicyclic) bond motifs is 1. The average molecular weight is 432 g/mol. The first-order valence-electron chi connectivity index (χ1n) is 10.3. The lowest BCUT2D eigenvalue weighted by Gasteiger charge is -2.35. The molecule has 2 aliphatic rings. The molecule has 0 aliphatic carbocycles. The second kappa shape index (κ2) is 8.93. The Morgan fingerprint density at radius 2 is 1.83 bits per heavy atom. The summed E-state index contributed by atoms with van der Waals surface area (Å²) in [5.41, 5.74) is 3.73. The van der Waals surface area contributed by atoms with Crippen molar-refractivity contribution in [3.05, 3.63) is 53.6 Å². The predicted molar refractivity (Wildman–Crippen MR) is 117 cm³/mol. The van der Waals surface area contributed by atoms with Gasteiger partial charge in [-0.05, 0) is 47.9 Å². The van der Waals surface area contributed by atoms with Gasteiger partial charge in [0.1, 0.15) is 5.75 Å². The summed E-state index contributed by atoms with van der Waals surface area (Å²) in [6, 6.07) is 12.9.